The molecule has 1 aliphatic heterocycles. The van der Waals surface area contributed by atoms with Crippen molar-refractivity contribution in [3.63, 3.8) is 0 Å². The minimum Gasteiger partial charge on any atom is -0.326 e. The number of nitrogens with zero attached hydrogens (tertiary/aromatic N) is 1. The third-order valence-corrected chi connectivity index (χ3v) is 4.25. The summed E-state index contributed by atoms with van der Waals surface area (Å²) in [5.74, 6) is 0.777. The van der Waals surface area contributed by atoms with Crippen LogP contribution in [0.5, 0.6) is 0 Å². The number of nitrogens with one attached hydrogen (secondary N) is 1. The van der Waals surface area contributed by atoms with Crippen molar-refractivity contribution in [2.75, 3.05) is 22.5 Å². The van der Waals surface area contributed by atoms with Gasteiger partial charge in [-0.2, -0.15) is 0 Å². The van der Waals surface area contributed by atoms with Crippen LogP contribution in [0.3, 0.4) is 0 Å². The number of hydrogen-bond acceptors (Lipinski definition) is 4. The van der Waals surface area contributed by atoms with Crippen LogP contribution in [-0.4, -0.2) is 29.2 Å². The van der Waals surface area contributed by atoms with Crippen LogP contribution in [0.1, 0.15) is 20.3 Å². The maximum absolute atomic E-state index is 12.1. The number of anilines is 2. The van der Waals surface area contributed by atoms with E-state index in [1.807, 2.05) is 12.1 Å². The Kier molecular flexibility index (Phi) is 5.01. The molecule has 1 aromatic rings. The summed E-state index contributed by atoms with van der Waals surface area (Å²) in [6.45, 7) is 3.60. The van der Waals surface area contributed by atoms with Crippen LogP contribution >= 0.6 is 11.8 Å². The van der Waals surface area contributed by atoms with Gasteiger partial charge >= 0.3 is 0 Å². The van der Waals surface area contributed by atoms with Crippen molar-refractivity contribution < 1.29 is 14.4 Å². The summed E-state index contributed by atoms with van der Waals surface area (Å²) in [5, 5.41) is 2.79. The van der Waals surface area contributed by atoms with Gasteiger partial charge in [-0.05, 0) is 24.1 Å². The maximum Gasteiger partial charge on any atom is 0.227 e. The summed E-state index contributed by atoms with van der Waals surface area (Å²) in [6, 6.07) is 7.24. The Balaban J connectivity index is 2.06. The third-order valence-electron chi connectivity index (χ3n) is 3.21. The molecule has 21 heavy (non-hydrogen) atoms. The van der Waals surface area contributed by atoms with Crippen molar-refractivity contribution in [2.45, 2.75) is 20.3 Å². The van der Waals surface area contributed by atoms with Crippen molar-refractivity contribution in [1.29, 1.82) is 0 Å². The molecule has 0 saturated carbocycles. The summed E-state index contributed by atoms with van der Waals surface area (Å²) < 4.78 is 0. The van der Waals surface area contributed by atoms with Gasteiger partial charge in [0.15, 0.2) is 5.12 Å². The second-order valence-electron chi connectivity index (χ2n) is 5.11. The molecule has 1 fully saturated rings. The molecule has 1 N–H and O–H groups in total. The van der Waals surface area contributed by atoms with Crippen molar-refractivity contribution in [3.8, 4) is 0 Å². The minimum absolute atomic E-state index is 0.0594. The molecule has 0 aromatic heterocycles. The first kappa shape index (κ1) is 15.6. The Morgan fingerprint density at radius 3 is 2.81 bits per heavy atom. The van der Waals surface area contributed by atoms with Gasteiger partial charge in [0.05, 0.1) is 0 Å². The van der Waals surface area contributed by atoms with Gasteiger partial charge in [-0.25, -0.2) is 0 Å². The lowest BCUT2D eigenvalue weighted by molar-refractivity contribution is -0.117. The number of benzene rings is 1. The van der Waals surface area contributed by atoms with Crippen LogP contribution in [-0.2, 0) is 14.4 Å². The molecule has 0 bridgehead atoms. The lowest BCUT2D eigenvalue weighted by atomic mass is 10.1. The number of hydrogen-bond donors (Lipinski definition) is 1. The molecular formula is C15H18N2O3S. The third kappa shape index (κ3) is 4.32. The van der Waals surface area contributed by atoms with E-state index in [9.17, 15) is 14.4 Å². The molecule has 2 rings (SSSR count). The maximum atomic E-state index is 12.1. The number of carbonyl (C=O) groups is 3. The summed E-state index contributed by atoms with van der Waals surface area (Å²) in [6.07, 6.45) is 0.463. The molecule has 0 aliphatic carbocycles. The van der Waals surface area contributed by atoms with E-state index in [-0.39, 0.29) is 22.8 Å². The van der Waals surface area contributed by atoms with E-state index in [2.05, 4.69) is 5.32 Å². The normalized spacial score (nSPS) is 17.9. The first-order valence-electron chi connectivity index (χ1n) is 6.77. The predicted octanol–water partition coefficient (Wildman–Crippen LogP) is 2.28. The van der Waals surface area contributed by atoms with Crippen molar-refractivity contribution in [3.05, 3.63) is 24.3 Å². The van der Waals surface area contributed by atoms with Crippen LogP contribution in [0.25, 0.3) is 0 Å². The van der Waals surface area contributed by atoms with Gasteiger partial charge in [0.25, 0.3) is 0 Å². The van der Waals surface area contributed by atoms with Crippen LogP contribution < -0.4 is 10.2 Å². The van der Waals surface area contributed by atoms with Gasteiger partial charge in [0.1, 0.15) is 0 Å². The van der Waals surface area contributed by atoms with E-state index >= 15 is 0 Å². The van der Waals surface area contributed by atoms with Gasteiger partial charge in [-0.15, -0.1) is 0 Å². The molecule has 1 atom stereocenters. The zero-order valence-electron chi connectivity index (χ0n) is 12.1. The van der Waals surface area contributed by atoms with E-state index < -0.39 is 0 Å². The van der Waals surface area contributed by atoms with Crippen molar-refractivity contribution in [2.24, 2.45) is 5.92 Å². The highest BCUT2D eigenvalue weighted by molar-refractivity contribution is 8.13. The lowest BCUT2D eigenvalue weighted by Gasteiger charge is -2.17. The fourth-order valence-corrected chi connectivity index (χ4v) is 3.03. The topological polar surface area (TPSA) is 66.5 Å². The number of amides is 2. The monoisotopic (exact) mass is 306 g/mol. The molecule has 2 amide bonds. The van der Waals surface area contributed by atoms with E-state index in [0.717, 1.165) is 5.69 Å². The van der Waals surface area contributed by atoms with Crippen molar-refractivity contribution in [1.82, 2.24) is 0 Å². The first-order chi connectivity index (χ1) is 9.95. The number of thioether (sulfide) groups is 1. The largest absolute Gasteiger partial charge is 0.326 e. The highest BCUT2D eigenvalue weighted by Gasteiger charge is 2.30. The highest BCUT2D eigenvalue weighted by atomic mass is 32.2. The molecule has 1 aliphatic rings. The standard InChI is InChI=1S/C15H18N2O3S/c1-10(18)16-13-4-3-5-14(7-13)17-8-12(6-15(17)20)9-21-11(2)19/h3-5,7,12H,6,8-9H2,1-2H3,(H,16,18). The fourth-order valence-electron chi connectivity index (χ4n) is 2.33. The van der Waals surface area contributed by atoms with Gasteiger partial charge in [-0.1, -0.05) is 17.8 Å². The van der Waals surface area contributed by atoms with Gasteiger partial charge in [0.2, 0.25) is 11.8 Å². The summed E-state index contributed by atoms with van der Waals surface area (Å²) >= 11 is 1.26. The Labute approximate surface area is 128 Å². The molecule has 1 unspecified atom stereocenters. The minimum atomic E-state index is -0.143. The zero-order chi connectivity index (χ0) is 15.4. The van der Waals surface area contributed by atoms with Crippen molar-refractivity contribution >= 4 is 40.1 Å². The predicted molar refractivity (Wildman–Crippen MR) is 84.3 cm³/mol. The smallest absolute Gasteiger partial charge is 0.227 e. The SMILES string of the molecule is CC(=O)Nc1cccc(N2CC(CSC(C)=O)CC2=O)c1. The van der Waals surface area contributed by atoms with E-state index in [4.69, 9.17) is 0 Å². The average molecular weight is 306 g/mol. The Morgan fingerprint density at radius 2 is 2.14 bits per heavy atom. The van der Waals surface area contributed by atoms with Gasteiger partial charge in [0, 0.05) is 43.9 Å². The van der Waals surface area contributed by atoms with E-state index in [1.165, 1.54) is 25.6 Å². The molecule has 1 heterocycles. The molecule has 0 radical (unpaired) electrons. The first-order valence-corrected chi connectivity index (χ1v) is 7.75. The van der Waals surface area contributed by atoms with Crippen LogP contribution in [0, 0.1) is 5.92 Å². The average Bonchev–Trinajstić information content (AvgIpc) is 2.77. The van der Waals surface area contributed by atoms with E-state index in [0.29, 0.717) is 24.4 Å². The van der Waals surface area contributed by atoms with Gasteiger partial charge in [-0.3, -0.25) is 14.4 Å². The summed E-state index contributed by atoms with van der Waals surface area (Å²) in [4.78, 5) is 35.9. The van der Waals surface area contributed by atoms with Gasteiger partial charge < -0.3 is 10.2 Å². The molecule has 6 heteroatoms. The molecule has 112 valence electrons. The highest BCUT2D eigenvalue weighted by Crippen LogP contribution is 2.28. The Hall–Kier alpha value is -1.82. The number of rotatable bonds is 4. The van der Waals surface area contributed by atoms with Crippen LogP contribution in [0.2, 0.25) is 0 Å². The molecule has 1 saturated heterocycles. The molecule has 1 aromatic carbocycles. The second-order valence-corrected chi connectivity index (χ2v) is 6.31. The molecule has 5 nitrogen and oxygen atoms in total. The molecular weight excluding hydrogens is 288 g/mol. The fraction of sp³-hybridized carbons (Fsp3) is 0.400. The van der Waals surface area contributed by atoms with Crippen LogP contribution in [0.4, 0.5) is 11.4 Å². The zero-order valence-corrected chi connectivity index (χ0v) is 12.9. The quantitative estimate of drug-likeness (QED) is 0.926. The lowest BCUT2D eigenvalue weighted by Crippen LogP contribution is -2.24. The van der Waals surface area contributed by atoms with Crippen LogP contribution in [0.15, 0.2) is 24.3 Å². The summed E-state index contributed by atoms with van der Waals surface area (Å²) in [7, 11) is 0. The molecule has 0 spiro atoms. The second kappa shape index (κ2) is 6.76. The Morgan fingerprint density at radius 1 is 1.38 bits per heavy atom. The number of carbonyl (C=O) groups excluding carboxylic acids is 3. The van der Waals surface area contributed by atoms with E-state index in [1.54, 1.807) is 17.0 Å². The Bertz CT molecular complexity index is 574. The summed E-state index contributed by atoms with van der Waals surface area (Å²) in [5.41, 5.74) is 1.45.